The number of sulfonamides is 1. The van der Waals surface area contributed by atoms with Crippen LogP contribution in [-0.4, -0.2) is 39.0 Å². The van der Waals surface area contributed by atoms with E-state index in [9.17, 15) is 18.0 Å². The Kier molecular flexibility index (Phi) is 7.22. The summed E-state index contributed by atoms with van der Waals surface area (Å²) in [7, 11) is -3.86. The number of nitrogens with one attached hydrogen (secondary N) is 2. The van der Waals surface area contributed by atoms with Crippen LogP contribution in [0.3, 0.4) is 0 Å². The fourth-order valence-electron chi connectivity index (χ4n) is 3.18. The van der Waals surface area contributed by atoms with Crippen molar-refractivity contribution in [3.05, 3.63) is 29.8 Å². The maximum atomic E-state index is 13.2. The minimum Gasteiger partial charge on any atom is -0.449 e. The van der Waals surface area contributed by atoms with Crippen molar-refractivity contribution in [1.82, 2.24) is 10.0 Å². The second kappa shape index (κ2) is 9.05. The number of hydrogen-bond donors (Lipinski definition) is 2. The third-order valence-electron chi connectivity index (χ3n) is 4.97. The van der Waals surface area contributed by atoms with Gasteiger partial charge in [0.25, 0.3) is 0 Å². The molecule has 2 atom stereocenters. The van der Waals surface area contributed by atoms with Gasteiger partial charge in [-0.3, -0.25) is 4.79 Å². The number of carbonyl (C=O) groups is 2. The van der Waals surface area contributed by atoms with Crippen LogP contribution in [0, 0.1) is 12.3 Å². The van der Waals surface area contributed by atoms with Crippen LogP contribution in [0.4, 0.5) is 4.79 Å². The van der Waals surface area contributed by atoms with E-state index < -0.39 is 33.6 Å². The molecule has 1 heterocycles. The zero-order chi connectivity index (χ0) is 20.9. The van der Waals surface area contributed by atoms with Crippen LogP contribution in [0.5, 0.6) is 0 Å². The monoisotopic (exact) mass is 410 g/mol. The third kappa shape index (κ3) is 5.54. The molecule has 0 aliphatic carbocycles. The van der Waals surface area contributed by atoms with Gasteiger partial charge in [-0.05, 0) is 25.5 Å². The van der Waals surface area contributed by atoms with E-state index in [0.29, 0.717) is 12.8 Å². The molecule has 7 nitrogen and oxygen atoms in total. The summed E-state index contributed by atoms with van der Waals surface area (Å²) < 4.78 is 33.2. The van der Waals surface area contributed by atoms with Crippen molar-refractivity contribution in [3.63, 3.8) is 0 Å². The molecule has 1 aromatic carbocycles. The molecule has 0 unspecified atom stereocenters. The number of Topliss-reactive ketones (excluding diaryl/α,β-unsaturated/α-hetero) is 1. The number of ether oxygens (including phenoxy) is 1. The van der Waals surface area contributed by atoms with E-state index in [4.69, 9.17) is 4.74 Å². The van der Waals surface area contributed by atoms with Crippen molar-refractivity contribution < 1.29 is 22.7 Å². The molecule has 8 heteroatoms. The van der Waals surface area contributed by atoms with Crippen LogP contribution in [0.15, 0.2) is 29.2 Å². The van der Waals surface area contributed by atoms with Crippen molar-refractivity contribution in [2.45, 2.75) is 70.4 Å². The maximum Gasteiger partial charge on any atom is 0.407 e. The molecular formula is C20H30N2O5S. The van der Waals surface area contributed by atoms with Gasteiger partial charge in [-0.25, -0.2) is 17.9 Å². The van der Waals surface area contributed by atoms with Crippen molar-refractivity contribution in [2.24, 2.45) is 5.41 Å². The molecule has 0 aromatic heterocycles. The average molecular weight is 411 g/mol. The van der Waals surface area contributed by atoms with Gasteiger partial charge in [0.1, 0.15) is 12.6 Å². The SMILES string of the molecule is CCCCC[C@@H](NS(=O)(=O)c1ccc(C)cc1)C(=O)[C@H]1NC(=O)OCC1(C)C. The van der Waals surface area contributed by atoms with Gasteiger partial charge in [-0.2, -0.15) is 0 Å². The number of benzene rings is 1. The first-order chi connectivity index (χ1) is 13.1. The molecule has 156 valence electrons. The summed E-state index contributed by atoms with van der Waals surface area (Å²) >= 11 is 0. The second-order valence-electron chi connectivity index (χ2n) is 8.03. The standard InChI is InChI=1S/C20H30N2O5S/c1-5-6-7-8-16(17(23)18-20(3,4)13-27-19(24)21-18)22-28(25,26)15-11-9-14(2)10-12-15/h9-12,16,18,22H,5-8,13H2,1-4H3,(H,21,24)/t16-,18-/m1/s1. The van der Waals surface area contributed by atoms with Crippen LogP contribution in [0.25, 0.3) is 0 Å². The van der Waals surface area contributed by atoms with E-state index in [1.165, 1.54) is 12.1 Å². The molecule has 28 heavy (non-hydrogen) atoms. The molecule has 1 fully saturated rings. The fourth-order valence-corrected chi connectivity index (χ4v) is 4.42. The van der Waals surface area contributed by atoms with E-state index in [0.717, 1.165) is 18.4 Å². The van der Waals surface area contributed by atoms with Crippen LogP contribution in [0.1, 0.15) is 52.0 Å². The van der Waals surface area contributed by atoms with Crippen LogP contribution in [0.2, 0.25) is 0 Å². The average Bonchev–Trinajstić information content (AvgIpc) is 2.63. The van der Waals surface area contributed by atoms with Gasteiger partial charge in [-0.15, -0.1) is 0 Å². The number of hydrogen-bond acceptors (Lipinski definition) is 5. The molecule has 0 radical (unpaired) electrons. The Balaban J connectivity index is 2.26. The number of amides is 1. The molecule has 1 amide bonds. The Bertz CT molecular complexity index is 802. The Morgan fingerprint density at radius 1 is 1.29 bits per heavy atom. The molecule has 1 saturated heterocycles. The number of ketones is 1. The van der Waals surface area contributed by atoms with Gasteiger partial charge in [0, 0.05) is 5.41 Å². The van der Waals surface area contributed by atoms with Crippen LogP contribution in [-0.2, 0) is 19.6 Å². The van der Waals surface area contributed by atoms with Crippen LogP contribution < -0.4 is 10.0 Å². The summed E-state index contributed by atoms with van der Waals surface area (Å²) in [6, 6.07) is 4.73. The van der Waals surface area contributed by atoms with Crippen molar-refractivity contribution in [1.29, 1.82) is 0 Å². The summed E-state index contributed by atoms with van der Waals surface area (Å²) in [5.41, 5.74) is 0.310. The topological polar surface area (TPSA) is 102 Å². The van der Waals surface area contributed by atoms with Gasteiger partial charge in [0.05, 0.1) is 10.9 Å². The van der Waals surface area contributed by atoms with Gasteiger partial charge in [-0.1, -0.05) is 57.7 Å². The smallest absolute Gasteiger partial charge is 0.407 e. The number of carbonyl (C=O) groups excluding carboxylic acids is 2. The lowest BCUT2D eigenvalue weighted by atomic mass is 9.79. The molecule has 0 saturated carbocycles. The van der Waals surface area contributed by atoms with E-state index in [1.807, 2.05) is 27.7 Å². The molecule has 1 aromatic rings. The van der Waals surface area contributed by atoms with E-state index in [1.54, 1.807) is 12.1 Å². The summed E-state index contributed by atoms with van der Waals surface area (Å²) in [6.07, 6.45) is 2.26. The molecule has 0 bridgehead atoms. The van der Waals surface area contributed by atoms with Crippen LogP contribution >= 0.6 is 0 Å². The normalized spacial score (nSPS) is 20.1. The molecule has 1 aliphatic heterocycles. The lowest BCUT2D eigenvalue weighted by molar-refractivity contribution is -0.127. The first-order valence-electron chi connectivity index (χ1n) is 9.63. The molecule has 0 spiro atoms. The van der Waals surface area contributed by atoms with Crippen molar-refractivity contribution in [3.8, 4) is 0 Å². The zero-order valence-corrected chi connectivity index (χ0v) is 17.8. The molecule has 1 aliphatic rings. The van der Waals surface area contributed by atoms with Crippen molar-refractivity contribution >= 4 is 21.9 Å². The lowest BCUT2D eigenvalue weighted by Gasteiger charge is -2.38. The number of aryl methyl sites for hydroxylation is 1. The van der Waals surface area contributed by atoms with E-state index in [2.05, 4.69) is 10.0 Å². The number of cyclic esters (lactones) is 1. The van der Waals surface area contributed by atoms with Gasteiger partial charge >= 0.3 is 6.09 Å². The van der Waals surface area contributed by atoms with Crippen molar-refractivity contribution in [2.75, 3.05) is 6.61 Å². The summed E-state index contributed by atoms with van der Waals surface area (Å²) in [6.45, 7) is 7.63. The fraction of sp³-hybridized carbons (Fsp3) is 0.600. The zero-order valence-electron chi connectivity index (χ0n) is 16.9. The predicted octanol–water partition coefficient (Wildman–Crippen LogP) is 2.93. The lowest BCUT2D eigenvalue weighted by Crippen LogP contribution is -2.61. The highest BCUT2D eigenvalue weighted by Gasteiger charge is 2.44. The van der Waals surface area contributed by atoms with E-state index >= 15 is 0 Å². The Labute approximate surface area is 167 Å². The minimum absolute atomic E-state index is 0.0988. The highest BCUT2D eigenvalue weighted by atomic mass is 32.2. The number of unbranched alkanes of at least 4 members (excludes halogenated alkanes) is 2. The quantitative estimate of drug-likeness (QED) is 0.610. The largest absolute Gasteiger partial charge is 0.449 e. The van der Waals surface area contributed by atoms with Gasteiger partial charge in [0.2, 0.25) is 10.0 Å². The first-order valence-corrected chi connectivity index (χ1v) is 11.1. The Morgan fingerprint density at radius 2 is 1.93 bits per heavy atom. The van der Waals surface area contributed by atoms with Gasteiger partial charge in [0.15, 0.2) is 5.78 Å². The summed E-state index contributed by atoms with van der Waals surface area (Å²) in [4.78, 5) is 25.0. The third-order valence-corrected chi connectivity index (χ3v) is 6.46. The van der Waals surface area contributed by atoms with Gasteiger partial charge < -0.3 is 10.1 Å². The highest BCUT2D eigenvalue weighted by Crippen LogP contribution is 2.27. The number of alkyl carbamates (subject to hydrolysis) is 1. The molecule has 2 N–H and O–H groups in total. The second-order valence-corrected chi connectivity index (χ2v) is 9.74. The summed E-state index contributed by atoms with van der Waals surface area (Å²) in [5.74, 6) is -0.339. The molecule has 2 rings (SSSR count). The van der Waals surface area contributed by atoms with E-state index in [-0.39, 0.29) is 17.3 Å². The summed E-state index contributed by atoms with van der Waals surface area (Å²) in [5, 5.41) is 2.56. The predicted molar refractivity (Wildman–Crippen MR) is 106 cm³/mol. The highest BCUT2D eigenvalue weighted by molar-refractivity contribution is 7.89. The Hall–Kier alpha value is -1.93. The Morgan fingerprint density at radius 3 is 2.54 bits per heavy atom. The number of rotatable bonds is 9. The molecular weight excluding hydrogens is 380 g/mol. The maximum absolute atomic E-state index is 13.2. The minimum atomic E-state index is -3.86. The first kappa shape index (κ1) is 22.4.